The van der Waals surface area contributed by atoms with E-state index in [4.69, 9.17) is 23.8 Å². The second kappa shape index (κ2) is 14.1. The van der Waals surface area contributed by atoms with Gasteiger partial charge in [-0.1, -0.05) is 140 Å². The molecule has 0 fully saturated rings. The number of hydrogen-bond acceptors (Lipinski definition) is 5. The van der Waals surface area contributed by atoms with Crippen molar-refractivity contribution in [3.8, 4) is 51.0 Å². The quantitative estimate of drug-likeness (QED) is 0.167. The lowest BCUT2D eigenvalue weighted by Crippen LogP contribution is -2.05. The van der Waals surface area contributed by atoms with Crippen LogP contribution in [0.5, 0.6) is 0 Å². The van der Waals surface area contributed by atoms with Gasteiger partial charge in [0.2, 0.25) is 0 Å². The van der Waals surface area contributed by atoms with Gasteiger partial charge in [0.1, 0.15) is 22.3 Å². The number of allylic oxidation sites excluding steroid dienone is 4. The summed E-state index contributed by atoms with van der Waals surface area (Å²) in [6.45, 7) is 0. The summed E-state index contributed by atoms with van der Waals surface area (Å²) in [5.41, 5.74) is 13.8. The van der Waals surface area contributed by atoms with E-state index < -0.39 is 0 Å². The number of para-hydroxylation sites is 3. The SMILES string of the molecule is C1=CC(c2cc(-c3nc(-c4ccccc4)nc(-c4ccc5c(c4)oc4ccccc45)n3)cc(-c3ccccc3)c2-n2c3ccccc3c3c4c(ccc32)oc2ccccc24)=CCC1. The average Bonchev–Trinajstić information content (AvgIpc) is 4.03. The van der Waals surface area contributed by atoms with E-state index in [1.165, 1.54) is 10.8 Å². The predicted molar refractivity (Wildman–Crippen MR) is 257 cm³/mol. The number of aromatic nitrogens is 4. The lowest BCUT2D eigenvalue weighted by atomic mass is 9.90. The summed E-state index contributed by atoms with van der Waals surface area (Å²) < 4.78 is 15.3. The van der Waals surface area contributed by atoms with Crippen LogP contribution in [0, 0.1) is 0 Å². The van der Waals surface area contributed by atoms with E-state index in [0.29, 0.717) is 17.5 Å². The van der Waals surface area contributed by atoms with Crippen LogP contribution in [0.3, 0.4) is 0 Å². The fraction of sp³-hybridized carbons (Fsp3) is 0.0351. The van der Waals surface area contributed by atoms with Crippen molar-refractivity contribution in [2.24, 2.45) is 0 Å². The van der Waals surface area contributed by atoms with Crippen LogP contribution < -0.4 is 0 Å². The molecular weight excluding hydrogens is 773 g/mol. The van der Waals surface area contributed by atoms with Gasteiger partial charge in [0, 0.05) is 60.1 Å². The molecular formula is C57H36N4O2. The minimum Gasteiger partial charge on any atom is -0.456 e. The third-order valence-corrected chi connectivity index (χ3v) is 12.5. The molecule has 6 nitrogen and oxygen atoms in total. The predicted octanol–water partition coefficient (Wildman–Crippen LogP) is 15.2. The van der Waals surface area contributed by atoms with Crippen molar-refractivity contribution in [3.05, 3.63) is 200 Å². The Bertz CT molecular complexity index is 3850. The minimum atomic E-state index is 0.573. The Kier molecular flexibility index (Phi) is 7.93. The van der Waals surface area contributed by atoms with Crippen LogP contribution in [0.25, 0.3) is 122 Å². The molecule has 4 heterocycles. The Hall–Kier alpha value is -8.35. The van der Waals surface area contributed by atoms with E-state index in [1.54, 1.807) is 0 Å². The van der Waals surface area contributed by atoms with Gasteiger partial charge < -0.3 is 13.4 Å². The van der Waals surface area contributed by atoms with E-state index >= 15 is 0 Å². The third-order valence-electron chi connectivity index (χ3n) is 12.5. The van der Waals surface area contributed by atoms with Crippen LogP contribution in [-0.2, 0) is 0 Å². The summed E-state index contributed by atoms with van der Waals surface area (Å²) in [6, 6.07) is 61.2. The van der Waals surface area contributed by atoms with Crippen molar-refractivity contribution >= 4 is 71.3 Å². The van der Waals surface area contributed by atoms with Crippen molar-refractivity contribution in [2.45, 2.75) is 12.8 Å². The first-order valence-electron chi connectivity index (χ1n) is 21.4. The zero-order valence-corrected chi connectivity index (χ0v) is 34.0. The molecule has 0 amide bonds. The molecule has 4 aromatic heterocycles. The zero-order chi connectivity index (χ0) is 41.4. The van der Waals surface area contributed by atoms with E-state index in [9.17, 15) is 0 Å². The highest BCUT2D eigenvalue weighted by Gasteiger charge is 2.25. The van der Waals surface area contributed by atoms with Gasteiger partial charge in [0.15, 0.2) is 17.5 Å². The topological polar surface area (TPSA) is 69.9 Å². The molecule has 8 aromatic carbocycles. The highest BCUT2D eigenvalue weighted by atomic mass is 16.3. The lowest BCUT2D eigenvalue weighted by molar-refractivity contribution is 0.668. The molecule has 13 rings (SSSR count). The summed E-state index contributed by atoms with van der Waals surface area (Å²) in [7, 11) is 0. The normalized spacial score (nSPS) is 13.0. The standard InChI is InChI=1S/C57H36N4O2/c1-4-16-35(17-5-1)44-32-39(57-59-55(37-20-8-3-9-21-37)58-56(60-57)38-28-29-41-40-22-11-14-26-48(40)63-51(41)34-38)33-45(36-18-6-2-7-19-36)54(44)61-46-25-13-10-23-42(46)52-47(61)30-31-50-53(52)43-24-12-15-27-49(43)62-50/h1,3-6,8-34H,2,7H2. The third kappa shape index (κ3) is 5.69. The molecule has 296 valence electrons. The van der Waals surface area contributed by atoms with Gasteiger partial charge in [0.25, 0.3) is 0 Å². The van der Waals surface area contributed by atoms with Crippen molar-refractivity contribution in [1.82, 2.24) is 19.5 Å². The van der Waals surface area contributed by atoms with Gasteiger partial charge in [-0.15, -0.1) is 0 Å². The maximum absolute atomic E-state index is 6.47. The highest BCUT2D eigenvalue weighted by molar-refractivity contribution is 6.27. The number of fused-ring (bicyclic) bond motifs is 10. The molecule has 0 unspecified atom stereocenters. The van der Waals surface area contributed by atoms with Crippen LogP contribution >= 0.6 is 0 Å². The second-order valence-corrected chi connectivity index (χ2v) is 16.2. The van der Waals surface area contributed by atoms with Crippen LogP contribution in [0.4, 0.5) is 0 Å². The number of rotatable bonds is 6. The first-order chi connectivity index (χ1) is 31.2. The molecule has 6 heteroatoms. The van der Waals surface area contributed by atoms with Crippen molar-refractivity contribution in [1.29, 1.82) is 0 Å². The monoisotopic (exact) mass is 808 g/mol. The highest BCUT2D eigenvalue weighted by Crippen LogP contribution is 2.46. The molecule has 0 spiro atoms. The number of nitrogens with zero attached hydrogens (tertiary/aromatic N) is 4. The first-order valence-corrected chi connectivity index (χ1v) is 21.4. The van der Waals surface area contributed by atoms with Crippen LogP contribution in [0.15, 0.2) is 203 Å². The fourth-order valence-electron chi connectivity index (χ4n) is 9.61. The smallest absolute Gasteiger partial charge is 0.164 e. The van der Waals surface area contributed by atoms with Crippen molar-refractivity contribution in [2.75, 3.05) is 0 Å². The number of furan rings is 2. The Labute approximate surface area is 361 Å². The average molecular weight is 809 g/mol. The van der Waals surface area contributed by atoms with Gasteiger partial charge in [-0.25, -0.2) is 15.0 Å². The second-order valence-electron chi connectivity index (χ2n) is 16.2. The lowest BCUT2D eigenvalue weighted by Gasteiger charge is -2.22. The zero-order valence-electron chi connectivity index (χ0n) is 34.0. The summed E-state index contributed by atoms with van der Waals surface area (Å²) in [4.78, 5) is 15.7. The molecule has 63 heavy (non-hydrogen) atoms. The minimum absolute atomic E-state index is 0.573. The maximum Gasteiger partial charge on any atom is 0.164 e. The van der Waals surface area contributed by atoms with Crippen LogP contribution in [-0.4, -0.2) is 19.5 Å². The molecule has 12 aromatic rings. The summed E-state index contributed by atoms with van der Waals surface area (Å²) in [6.07, 6.45) is 8.86. The van der Waals surface area contributed by atoms with Gasteiger partial charge in [-0.3, -0.25) is 0 Å². The molecule has 1 aliphatic carbocycles. The van der Waals surface area contributed by atoms with E-state index in [-0.39, 0.29) is 0 Å². The molecule has 0 radical (unpaired) electrons. The van der Waals surface area contributed by atoms with Gasteiger partial charge in [-0.05, 0) is 78.6 Å². The van der Waals surface area contributed by atoms with Crippen LogP contribution in [0.2, 0.25) is 0 Å². The molecule has 1 aliphatic rings. The van der Waals surface area contributed by atoms with Crippen LogP contribution in [0.1, 0.15) is 18.4 Å². The molecule has 0 atom stereocenters. The Morgan fingerprint density at radius 2 is 1.02 bits per heavy atom. The van der Waals surface area contributed by atoms with Crippen molar-refractivity contribution in [3.63, 3.8) is 0 Å². The summed E-state index contributed by atoms with van der Waals surface area (Å²) >= 11 is 0. The Balaban J connectivity index is 1.11. The van der Waals surface area contributed by atoms with Gasteiger partial charge in [0.05, 0.1) is 16.7 Å². The van der Waals surface area contributed by atoms with E-state index in [0.717, 1.165) is 112 Å². The Morgan fingerprint density at radius 3 is 1.79 bits per heavy atom. The molecule has 0 saturated heterocycles. The van der Waals surface area contributed by atoms with Gasteiger partial charge in [-0.2, -0.15) is 0 Å². The molecule has 0 saturated carbocycles. The largest absolute Gasteiger partial charge is 0.456 e. The fourth-order valence-corrected chi connectivity index (χ4v) is 9.61. The number of hydrogen-bond donors (Lipinski definition) is 0. The molecule has 0 N–H and O–H groups in total. The van der Waals surface area contributed by atoms with Gasteiger partial charge >= 0.3 is 0 Å². The molecule has 0 bridgehead atoms. The number of benzene rings is 8. The maximum atomic E-state index is 6.47. The van der Waals surface area contributed by atoms with E-state index in [1.807, 2.05) is 48.5 Å². The van der Waals surface area contributed by atoms with Crippen molar-refractivity contribution < 1.29 is 8.83 Å². The first kappa shape index (κ1) is 35.4. The summed E-state index contributed by atoms with van der Waals surface area (Å²) in [5, 5.41) is 6.71. The van der Waals surface area contributed by atoms with E-state index in [2.05, 4.69) is 150 Å². The Morgan fingerprint density at radius 1 is 0.397 bits per heavy atom. The summed E-state index contributed by atoms with van der Waals surface area (Å²) in [5.74, 6) is 1.76. The molecule has 0 aliphatic heterocycles.